The molecule has 0 saturated carbocycles. The van der Waals surface area contributed by atoms with Gasteiger partial charge in [-0.3, -0.25) is 0 Å². The van der Waals surface area contributed by atoms with E-state index in [0.717, 1.165) is 39.9 Å². The van der Waals surface area contributed by atoms with Crippen LogP contribution in [0.1, 0.15) is 24.6 Å². The highest BCUT2D eigenvalue weighted by Gasteiger charge is 2.10. The van der Waals surface area contributed by atoms with Gasteiger partial charge in [0.2, 0.25) is 0 Å². The average molecular weight is 417 g/mol. The largest absolute Gasteiger partial charge is 0.485 e. The summed E-state index contributed by atoms with van der Waals surface area (Å²) in [6, 6.07) is 4.14. The molecule has 1 N–H and O–H groups in total. The fourth-order valence-corrected chi connectivity index (χ4v) is 3.62. The van der Waals surface area contributed by atoms with Crippen molar-refractivity contribution in [2.45, 2.75) is 33.0 Å². The summed E-state index contributed by atoms with van der Waals surface area (Å²) in [6.45, 7) is 4.43. The topological polar surface area (TPSA) is 39.1 Å². The Labute approximate surface area is 142 Å². The van der Waals surface area contributed by atoms with E-state index in [1.54, 1.807) is 0 Å². The normalized spacial score (nSPS) is 10.9. The molecule has 0 bridgehead atoms. The second-order valence-corrected chi connectivity index (χ2v) is 6.49. The summed E-state index contributed by atoms with van der Waals surface area (Å²) < 4.78 is 9.98. The van der Waals surface area contributed by atoms with Crippen molar-refractivity contribution in [3.8, 4) is 5.75 Å². The third kappa shape index (κ3) is 4.31. The molecular formula is C15H19Br2N3O. The molecule has 2 aromatic rings. The molecule has 0 aliphatic rings. The summed E-state index contributed by atoms with van der Waals surface area (Å²) in [4.78, 5) is 4.19. The van der Waals surface area contributed by atoms with Crippen molar-refractivity contribution in [1.29, 1.82) is 0 Å². The molecular weight excluding hydrogens is 398 g/mol. The van der Waals surface area contributed by atoms with E-state index < -0.39 is 0 Å². The quantitative estimate of drug-likeness (QED) is 0.737. The number of aromatic nitrogens is 2. The number of aryl methyl sites for hydroxylation is 1. The second kappa shape index (κ2) is 7.96. The molecule has 1 heterocycles. The first kappa shape index (κ1) is 16.5. The first-order valence-corrected chi connectivity index (χ1v) is 8.48. The highest BCUT2D eigenvalue weighted by atomic mass is 79.9. The lowest BCUT2D eigenvalue weighted by Crippen LogP contribution is -2.07. The van der Waals surface area contributed by atoms with Crippen LogP contribution in [-0.4, -0.2) is 16.6 Å². The van der Waals surface area contributed by atoms with Gasteiger partial charge in [-0.05, 0) is 63.0 Å². The van der Waals surface area contributed by atoms with Crippen molar-refractivity contribution in [2.75, 3.05) is 7.05 Å². The van der Waals surface area contributed by atoms with E-state index in [4.69, 9.17) is 4.74 Å². The van der Waals surface area contributed by atoms with Gasteiger partial charge in [0.15, 0.2) is 0 Å². The molecule has 1 aromatic carbocycles. The van der Waals surface area contributed by atoms with Crippen molar-refractivity contribution in [3.63, 3.8) is 0 Å². The monoisotopic (exact) mass is 415 g/mol. The van der Waals surface area contributed by atoms with Crippen molar-refractivity contribution in [3.05, 3.63) is 44.9 Å². The number of imidazole rings is 1. The van der Waals surface area contributed by atoms with Crippen LogP contribution in [0.4, 0.5) is 0 Å². The van der Waals surface area contributed by atoms with Gasteiger partial charge in [0.05, 0.1) is 27.2 Å². The zero-order chi connectivity index (χ0) is 15.2. The van der Waals surface area contributed by atoms with E-state index in [2.05, 4.69) is 65.8 Å². The number of nitrogens with zero attached hydrogens (tertiary/aromatic N) is 2. The van der Waals surface area contributed by atoms with E-state index >= 15 is 0 Å². The molecule has 4 nitrogen and oxygen atoms in total. The van der Waals surface area contributed by atoms with Crippen molar-refractivity contribution in [2.24, 2.45) is 0 Å². The number of nitrogens with one attached hydrogen (secondary N) is 1. The average Bonchev–Trinajstić information content (AvgIpc) is 2.86. The smallest absolute Gasteiger partial charge is 0.148 e. The molecule has 0 aliphatic heterocycles. The van der Waals surface area contributed by atoms with Crippen LogP contribution in [-0.2, 0) is 19.7 Å². The lowest BCUT2D eigenvalue weighted by Gasteiger charge is -2.13. The predicted octanol–water partition coefficient (Wildman–Crippen LogP) is 4.12. The third-order valence-corrected chi connectivity index (χ3v) is 4.24. The Hall–Kier alpha value is -0.850. The minimum absolute atomic E-state index is 0.503. The Morgan fingerprint density at radius 2 is 2.00 bits per heavy atom. The summed E-state index contributed by atoms with van der Waals surface area (Å²) in [7, 11) is 1.93. The van der Waals surface area contributed by atoms with E-state index in [1.165, 1.54) is 5.56 Å². The minimum atomic E-state index is 0.503. The summed E-state index contributed by atoms with van der Waals surface area (Å²) in [5, 5.41) is 3.14. The summed E-state index contributed by atoms with van der Waals surface area (Å²) in [5.41, 5.74) is 2.27. The Balaban J connectivity index is 2.11. The first-order valence-electron chi connectivity index (χ1n) is 6.90. The zero-order valence-electron chi connectivity index (χ0n) is 12.2. The van der Waals surface area contributed by atoms with Crippen molar-refractivity contribution in [1.82, 2.24) is 14.9 Å². The molecule has 0 aliphatic carbocycles. The maximum absolute atomic E-state index is 5.96. The van der Waals surface area contributed by atoms with Crippen LogP contribution in [0, 0.1) is 0 Å². The molecule has 0 amide bonds. The number of ether oxygens (including phenoxy) is 1. The molecule has 0 atom stereocenters. The van der Waals surface area contributed by atoms with E-state index in [0.29, 0.717) is 6.61 Å². The highest BCUT2D eigenvalue weighted by Crippen LogP contribution is 2.35. The van der Waals surface area contributed by atoms with Gasteiger partial charge in [-0.25, -0.2) is 4.98 Å². The maximum atomic E-state index is 5.96. The van der Waals surface area contributed by atoms with Crippen molar-refractivity contribution < 1.29 is 4.74 Å². The molecule has 0 unspecified atom stereocenters. The number of hydrogen-bond acceptors (Lipinski definition) is 3. The molecule has 21 heavy (non-hydrogen) atoms. The molecule has 0 fully saturated rings. The van der Waals surface area contributed by atoms with Crippen LogP contribution < -0.4 is 10.1 Å². The van der Waals surface area contributed by atoms with Gasteiger partial charge in [0, 0.05) is 13.1 Å². The fourth-order valence-electron chi connectivity index (χ4n) is 2.11. The Morgan fingerprint density at radius 1 is 1.29 bits per heavy atom. The fraction of sp³-hybridized carbons (Fsp3) is 0.400. The third-order valence-electron chi connectivity index (χ3n) is 3.07. The van der Waals surface area contributed by atoms with E-state index in [9.17, 15) is 0 Å². The Morgan fingerprint density at radius 3 is 2.62 bits per heavy atom. The van der Waals surface area contributed by atoms with Gasteiger partial charge in [0.1, 0.15) is 12.4 Å². The van der Waals surface area contributed by atoms with Crippen LogP contribution in [0.25, 0.3) is 0 Å². The molecule has 1 aromatic heterocycles. The van der Waals surface area contributed by atoms with Gasteiger partial charge >= 0.3 is 0 Å². The second-order valence-electron chi connectivity index (χ2n) is 4.79. The highest BCUT2D eigenvalue weighted by molar-refractivity contribution is 9.11. The van der Waals surface area contributed by atoms with Crippen LogP contribution >= 0.6 is 31.9 Å². The molecule has 2 rings (SSSR count). The van der Waals surface area contributed by atoms with Gasteiger partial charge in [-0.1, -0.05) is 6.92 Å². The number of hydrogen-bond donors (Lipinski definition) is 1. The zero-order valence-corrected chi connectivity index (χ0v) is 15.4. The van der Waals surface area contributed by atoms with E-state index in [-0.39, 0.29) is 0 Å². The Kier molecular flexibility index (Phi) is 6.26. The molecule has 6 heteroatoms. The standard InChI is InChI=1S/C15H19Br2N3O/c1-3-4-20-10-19-8-12(20)9-21-15-13(16)5-11(7-18-2)6-14(15)17/h5-6,8,10,18H,3-4,7,9H2,1-2H3. The summed E-state index contributed by atoms with van der Waals surface area (Å²) in [6.07, 6.45) is 4.78. The van der Waals surface area contributed by atoms with Crippen LogP contribution in [0.5, 0.6) is 5.75 Å². The summed E-state index contributed by atoms with van der Waals surface area (Å²) >= 11 is 7.15. The van der Waals surface area contributed by atoms with Crippen LogP contribution in [0.3, 0.4) is 0 Å². The lowest BCUT2D eigenvalue weighted by atomic mass is 10.2. The molecule has 0 spiro atoms. The number of halogens is 2. The number of rotatable bonds is 7. The molecule has 0 radical (unpaired) electrons. The lowest BCUT2D eigenvalue weighted by molar-refractivity contribution is 0.291. The van der Waals surface area contributed by atoms with Gasteiger partial charge in [-0.2, -0.15) is 0 Å². The predicted molar refractivity (Wildman–Crippen MR) is 91.5 cm³/mol. The van der Waals surface area contributed by atoms with Gasteiger partial charge in [-0.15, -0.1) is 0 Å². The minimum Gasteiger partial charge on any atom is -0.485 e. The first-order chi connectivity index (χ1) is 10.2. The van der Waals surface area contributed by atoms with E-state index in [1.807, 2.05) is 19.6 Å². The SMILES string of the molecule is CCCn1cncc1COc1c(Br)cc(CNC)cc1Br. The number of benzene rings is 1. The van der Waals surface area contributed by atoms with Crippen LogP contribution in [0.15, 0.2) is 33.6 Å². The molecule has 114 valence electrons. The van der Waals surface area contributed by atoms with Gasteiger partial charge < -0.3 is 14.6 Å². The Bertz CT molecular complexity index is 575. The van der Waals surface area contributed by atoms with Gasteiger partial charge in [0.25, 0.3) is 0 Å². The van der Waals surface area contributed by atoms with Crippen molar-refractivity contribution >= 4 is 31.9 Å². The van der Waals surface area contributed by atoms with Crippen LogP contribution in [0.2, 0.25) is 0 Å². The maximum Gasteiger partial charge on any atom is 0.148 e. The molecule has 0 saturated heterocycles. The summed E-state index contributed by atoms with van der Waals surface area (Å²) in [5.74, 6) is 0.819.